The zero-order valence-corrected chi connectivity index (χ0v) is 15.8. The molecule has 0 fully saturated rings. The number of halogens is 3. The Balaban J connectivity index is 1.75. The van der Waals surface area contributed by atoms with Gasteiger partial charge in [0.05, 0.1) is 7.11 Å². The average Bonchev–Trinajstić information content (AvgIpc) is 2.69. The van der Waals surface area contributed by atoms with Gasteiger partial charge in [-0.15, -0.1) is 0 Å². The van der Waals surface area contributed by atoms with Gasteiger partial charge < -0.3 is 20.1 Å². The number of alkyl halides is 3. The van der Waals surface area contributed by atoms with Gasteiger partial charge in [0, 0.05) is 20.1 Å². The molecule has 0 amide bonds. The summed E-state index contributed by atoms with van der Waals surface area (Å²) in [7, 11) is 3.31. The van der Waals surface area contributed by atoms with Gasteiger partial charge in [0.15, 0.2) is 12.6 Å². The van der Waals surface area contributed by atoms with Gasteiger partial charge in [-0.1, -0.05) is 24.3 Å². The first-order chi connectivity index (χ1) is 13.4. The minimum atomic E-state index is -4.34. The number of ether oxygens (including phenoxy) is 2. The van der Waals surface area contributed by atoms with Crippen molar-refractivity contribution in [3.8, 4) is 11.5 Å². The molecule has 0 aliphatic carbocycles. The van der Waals surface area contributed by atoms with Crippen LogP contribution in [-0.4, -0.2) is 39.4 Å². The number of rotatable bonds is 8. The minimum absolute atomic E-state index is 0.182. The Kier molecular flexibility index (Phi) is 7.98. The molecule has 0 aliphatic rings. The van der Waals surface area contributed by atoms with E-state index in [0.717, 1.165) is 23.3 Å². The maximum atomic E-state index is 12.2. The molecule has 0 heterocycles. The largest absolute Gasteiger partial charge is 0.497 e. The van der Waals surface area contributed by atoms with E-state index < -0.39 is 12.8 Å². The van der Waals surface area contributed by atoms with Crippen LogP contribution in [0.25, 0.3) is 0 Å². The van der Waals surface area contributed by atoms with Gasteiger partial charge >= 0.3 is 6.18 Å². The van der Waals surface area contributed by atoms with Crippen LogP contribution in [0.1, 0.15) is 11.1 Å². The number of methoxy groups -OCH3 is 1. The summed E-state index contributed by atoms with van der Waals surface area (Å²) in [4.78, 5) is 4.16. The van der Waals surface area contributed by atoms with Crippen LogP contribution >= 0.6 is 0 Å². The van der Waals surface area contributed by atoms with Crippen LogP contribution in [0, 0.1) is 0 Å². The average molecular weight is 395 g/mol. The highest BCUT2D eigenvalue weighted by molar-refractivity contribution is 5.79. The first kappa shape index (κ1) is 21.4. The van der Waals surface area contributed by atoms with Crippen molar-refractivity contribution in [2.45, 2.75) is 19.1 Å². The molecule has 2 rings (SSSR count). The van der Waals surface area contributed by atoms with Crippen LogP contribution in [0.4, 0.5) is 13.2 Å². The molecule has 0 atom stereocenters. The lowest BCUT2D eigenvalue weighted by molar-refractivity contribution is -0.153. The quantitative estimate of drug-likeness (QED) is 0.530. The van der Waals surface area contributed by atoms with Crippen LogP contribution in [0.5, 0.6) is 11.5 Å². The van der Waals surface area contributed by atoms with Crippen LogP contribution in [-0.2, 0) is 13.0 Å². The van der Waals surface area contributed by atoms with Gasteiger partial charge in [-0.25, -0.2) is 0 Å². The fraction of sp³-hybridized carbons (Fsp3) is 0.350. The lowest BCUT2D eigenvalue weighted by Gasteiger charge is -2.13. The molecule has 2 aromatic rings. The Labute approximate surface area is 162 Å². The Morgan fingerprint density at radius 3 is 2.39 bits per heavy atom. The highest BCUT2D eigenvalue weighted by Crippen LogP contribution is 2.18. The molecule has 0 radical (unpaired) electrons. The number of hydrogen-bond donors (Lipinski definition) is 2. The number of aliphatic imine (C=N–C) groups is 1. The number of nitrogens with zero attached hydrogens (tertiary/aromatic N) is 1. The van der Waals surface area contributed by atoms with E-state index in [-0.39, 0.29) is 5.75 Å². The molecule has 8 heteroatoms. The Morgan fingerprint density at radius 2 is 1.75 bits per heavy atom. The summed E-state index contributed by atoms with van der Waals surface area (Å²) in [6.45, 7) is -0.121. The van der Waals surface area contributed by atoms with Crippen LogP contribution < -0.4 is 20.1 Å². The summed E-state index contributed by atoms with van der Waals surface area (Å²) >= 11 is 0. The van der Waals surface area contributed by atoms with Crippen molar-refractivity contribution in [1.82, 2.24) is 10.6 Å². The fourth-order valence-corrected chi connectivity index (χ4v) is 2.43. The van der Waals surface area contributed by atoms with Gasteiger partial charge in [-0.05, 0) is 41.8 Å². The molecule has 0 aromatic heterocycles. The Bertz CT molecular complexity index is 762. The highest BCUT2D eigenvalue weighted by atomic mass is 19.4. The van der Waals surface area contributed by atoms with Crippen LogP contribution in [0.3, 0.4) is 0 Å². The number of guanidine groups is 1. The summed E-state index contributed by atoms with van der Waals surface area (Å²) in [5.74, 6) is 1.64. The first-order valence-electron chi connectivity index (χ1n) is 8.75. The molecule has 0 saturated carbocycles. The zero-order valence-electron chi connectivity index (χ0n) is 15.8. The van der Waals surface area contributed by atoms with Crippen molar-refractivity contribution in [2.24, 2.45) is 4.99 Å². The molecule has 28 heavy (non-hydrogen) atoms. The molecule has 0 aliphatic heterocycles. The number of benzene rings is 2. The molecule has 2 aromatic carbocycles. The first-order valence-corrected chi connectivity index (χ1v) is 8.75. The maximum absolute atomic E-state index is 12.2. The maximum Gasteiger partial charge on any atom is 0.422 e. The van der Waals surface area contributed by atoms with Crippen molar-refractivity contribution in [1.29, 1.82) is 0 Å². The predicted octanol–water partition coefficient (Wildman–Crippen LogP) is 3.54. The Morgan fingerprint density at radius 1 is 1.00 bits per heavy atom. The molecule has 0 saturated heterocycles. The van der Waals surface area contributed by atoms with Gasteiger partial charge in [0.1, 0.15) is 11.5 Å². The van der Waals surface area contributed by atoms with Gasteiger partial charge in [-0.2, -0.15) is 13.2 Å². The van der Waals surface area contributed by atoms with Crippen molar-refractivity contribution in [3.05, 3.63) is 59.7 Å². The van der Waals surface area contributed by atoms with E-state index in [9.17, 15) is 13.2 Å². The standard InChI is InChI=1S/C20H24F3N3O2/c1-24-19(25-11-10-15-4-3-5-18(12-15)27-2)26-13-16-6-8-17(9-7-16)28-14-20(21,22)23/h3-9,12H,10-11,13-14H2,1-2H3,(H2,24,25,26). The third-order valence-corrected chi connectivity index (χ3v) is 3.85. The third kappa shape index (κ3) is 7.77. The molecule has 0 unspecified atom stereocenters. The third-order valence-electron chi connectivity index (χ3n) is 3.85. The number of nitrogens with one attached hydrogen (secondary N) is 2. The second-order valence-electron chi connectivity index (χ2n) is 6.00. The topological polar surface area (TPSA) is 54.9 Å². The fourth-order valence-electron chi connectivity index (χ4n) is 2.43. The summed E-state index contributed by atoms with van der Waals surface area (Å²) < 4.78 is 46.4. The van der Waals surface area contributed by atoms with E-state index in [4.69, 9.17) is 9.47 Å². The van der Waals surface area contributed by atoms with Gasteiger partial charge in [-0.3, -0.25) is 4.99 Å². The highest BCUT2D eigenvalue weighted by Gasteiger charge is 2.28. The Hall–Kier alpha value is -2.90. The van der Waals surface area contributed by atoms with Crippen LogP contribution in [0.15, 0.2) is 53.5 Å². The second-order valence-corrected chi connectivity index (χ2v) is 6.00. The summed E-state index contributed by atoms with van der Waals surface area (Å²) in [6, 6.07) is 14.3. The van der Waals surface area contributed by atoms with Crippen molar-refractivity contribution >= 4 is 5.96 Å². The minimum Gasteiger partial charge on any atom is -0.497 e. The monoisotopic (exact) mass is 395 g/mol. The lowest BCUT2D eigenvalue weighted by atomic mass is 10.1. The van der Waals surface area contributed by atoms with E-state index in [1.807, 2.05) is 24.3 Å². The molecule has 0 bridgehead atoms. The predicted molar refractivity (Wildman–Crippen MR) is 103 cm³/mol. The van der Waals surface area contributed by atoms with Gasteiger partial charge in [0.25, 0.3) is 0 Å². The SMILES string of the molecule is CN=C(NCCc1cccc(OC)c1)NCc1ccc(OCC(F)(F)F)cc1. The van der Waals surface area contributed by atoms with E-state index in [1.54, 1.807) is 26.3 Å². The van der Waals surface area contributed by atoms with Crippen LogP contribution in [0.2, 0.25) is 0 Å². The van der Waals surface area contributed by atoms with Crippen molar-refractivity contribution < 1.29 is 22.6 Å². The zero-order chi connectivity index (χ0) is 20.4. The summed E-state index contributed by atoms with van der Waals surface area (Å²) in [5.41, 5.74) is 2.05. The molecule has 5 nitrogen and oxygen atoms in total. The van der Waals surface area contributed by atoms with E-state index in [1.165, 1.54) is 12.1 Å². The number of hydrogen-bond acceptors (Lipinski definition) is 3. The summed E-state index contributed by atoms with van der Waals surface area (Å²) in [6.07, 6.45) is -3.54. The van der Waals surface area contributed by atoms with Crippen molar-refractivity contribution in [2.75, 3.05) is 27.3 Å². The lowest BCUT2D eigenvalue weighted by Crippen LogP contribution is -2.37. The second kappa shape index (κ2) is 10.4. The van der Waals surface area contributed by atoms with E-state index in [0.29, 0.717) is 19.0 Å². The summed E-state index contributed by atoms with van der Waals surface area (Å²) in [5, 5.41) is 6.39. The molecular formula is C20H24F3N3O2. The molecular weight excluding hydrogens is 371 g/mol. The van der Waals surface area contributed by atoms with Gasteiger partial charge in [0.2, 0.25) is 0 Å². The molecule has 2 N–H and O–H groups in total. The molecule has 152 valence electrons. The van der Waals surface area contributed by atoms with E-state index in [2.05, 4.69) is 15.6 Å². The molecule has 0 spiro atoms. The normalized spacial score (nSPS) is 11.8. The smallest absolute Gasteiger partial charge is 0.422 e. The van der Waals surface area contributed by atoms with Crippen molar-refractivity contribution in [3.63, 3.8) is 0 Å². The van der Waals surface area contributed by atoms with E-state index >= 15 is 0 Å².